The van der Waals surface area contributed by atoms with E-state index in [1.54, 1.807) is 24.3 Å². The number of carbonyl (C=O) groups excluding carboxylic acids is 2. The molecule has 3 aromatic carbocycles. The van der Waals surface area contributed by atoms with Gasteiger partial charge in [-0.25, -0.2) is 4.79 Å². The van der Waals surface area contributed by atoms with Crippen LogP contribution in [-0.4, -0.2) is 49.9 Å². The molecular weight excluding hydrogens is 548 g/mol. The molecule has 0 saturated carbocycles. The Morgan fingerprint density at radius 3 is 2.12 bits per heavy atom. The highest BCUT2D eigenvalue weighted by atomic mass is 16.6. The van der Waals surface area contributed by atoms with E-state index >= 15 is 0 Å². The Bertz CT molecular complexity index is 1590. The number of aliphatic imine (C=N–C) groups is 2. The van der Waals surface area contributed by atoms with E-state index in [9.17, 15) is 9.59 Å². The van der Waals surface area contributed by atoms with Gasteiger partial charge in [0.1, 0.15) is 11.9 Å². The number of rotatable bonds is 8. The van der Waals surface area contributed by atoms with Gasteiger partial charge >= 0.3 is 6.09 Å². The molecule has 43 heavy (non-hydrogen) atoms. The lowest BCUT2D eigenvalue weighted by atomic mass is 10.0. The number of ether oxygens (including phenoxy) is 3. The normalized spacial score (nSPS) is 19.5. The lowest BCUT2D eigenvalue weighted by Gasteiger charge is -2.24. The molecule has 0 spiro atoms. The molecule has 2 unspecified atom stereocenters. The smallest absolute Gasteiger partial charge is 0.407 e. The monoisotopic (exact) mass is 582 g/mol. The molecule has 0 saturated heterocycles. The molecular formula is C32H34N6O5. The highest BCUT2D eigenvalue weighted by Crippen LogP contribution is 2.47. The second kappa shape index (κ2) is 12.0. The molecule has 11 heteroatoms. The topological polar surface area (TPSA) is 135 Å². The molecule has 3 aliphatic rings. The molecule has 222 valence electrons. The van der Waals surface area contributed by atoms with Crippen molar-refractivity contribution in [2.45, 2.75) is 44.4 Å². The van der Waals surface area contributed by atoms with Crippen LogP contribution in [0, 0.1) is 0 Å². The molecule has 4 atom stereocenters. The molecule has 0 bridgehead atoms. The van der Waals surface area contributed by atoms with Crippen LogP contribution >= 0.6 is 0 Å². The van der Waals surface area contributed by atoms with Gasteiger partial charge in [0.15, 0.2) is 23.0 Å². The summed E-state index contributed by atoms with van der Waals surface area (Å²) in [5.41, 5.74) is 2.72. The average molecular weight is 583 g/mol. The van der Waals surface area contributed by atoms with Crippen molar-refractivity contribution in [2.75, 3.05) is 20.2 Å². The van der Waals surface area contributed by atoms with Gasteiger partial charge in [-0.2, -0.15) is 0 Å². The van der Waals surface area contributed by atoms with Crippen molar-refractivity contribution in [3.63, 3.8) is 0 Å². The van der Waals surface area contributed by atoms with Gasteiger partial charge in [0, 0.05) is 6.42 Å². The molecule has 0 aromatic heterocycles. The van der Waals surface area contributed by atoms with Crippen molar-refractivity contribution < 1.29 is 23.8 Å². The number of amidine groups is 2. The molecule has 11 nitrogen and oxygen atoms in total. The molecule has 4 N–H and O–H groups in total. The van der Waals surface area contributed by atoms with E-state index in [0.29, 0.717) is 47.5 Å². The Morgan fingerprint density at radius 2 is 1.51 bits per heavy atom. The van der Waals surface area contributed by atoms with Crippen molar-refractivity contribution >= 4 is 23.7 Å². The van der Waals surface area contributed by atoms with Crippen molar-refractivity contribution in [2.24, 2.45) is 9.98 Å². The number of alkyl carbamates (subject to hydrolysis) is 1. The molecule has 0 aliphatic carbocycles. The number of nitrogens with zero attached hydrogens (tertiary/aromatic N) is 2. The number of carbonyl (C=O) groups is 2. The summed E-state index contributed by atoms with van der Waals surface area (Å²) < 4.78 is 17.2. The molecule has 0 fully saturated rings. The maximum absolute atomic E-state index is 13.2. The van der Waals surface area contributed by atoms with E-state index < -0.39 is 18.2 Å². The van der Waals surface area contributed by atoms with Crippen molar-refractivity contribution in [1.29, 1.82) is 0 Å². The fraction of sp³-hybridized carbons (Fsp3) is 0.312. The van der Waals surface area contributed by atoms with E-state index in [1.165, 1.54) is 7.11 Å². The Kier molecular flexibility index (Phi) is 7.86. The highest BCUT2D eigenvalue weighted by molar-refractivity contribution is 5.95. The van der Waals surface area contributed by atoms with Gasteiger partial charge in [-0.05, 0) is 47.9 Å². The summed E-state index contributed by atoms with van der Waals surface area (Å²) in [6.07, 6.45) is 0.191. The van der Waals surface area contributed by atoms with Crippen LogP contribution in [0.3, 0.4) is 0 Å². The predicted molar refractivity (Wildman–Crippen MR) is 162 cm³/mol. The first-order valence-electron chi connectivity index (χ1n) is 14.4. The third kappa shape index (κ3) is 5.97. The van der Waals surface area contributed by atoms with E-state index in [4.69, 9.17) is 14.2 Å². The zero-order valence-corrected chi connectivity index (χ0v) is 24.2. The quantitative estimate of drug-likeness (QED) is 0.237. The average Bonchev–Trinajstić information content (AvgIpc) is 3.73. The van der Waals surface area contributed by atoms with Crippen molar-refractivity contribution in [3.8, 4) is 23.0 Å². The van der Waals surface area contributed by atoms with Crippen LogP contribution in [0.15, 0.2) is 76.7 Å². The van der Waals surface area contributed by atoms with Crippen LogP contribution in [0.25, 0.3) is 0 Å². The van der Waals surface area contributed by atoms with E-state index in [-0.39, 0.29) is 18.0 Å². The van der Waals surface area contributed by atoms with Gasteiger partial charge in [-0.1, -0.05) is 49.4 Å². The summed E-state index contributed by atoms with van der Waals surface area (Å²) >= 11 is 0. The van der Waals surface area contributed by atoms with Crippen LogP contribution in [0.1, 0.15) is 55.1 Å². The second-order valence-electron chi connectivity index (χ2n) is 10.6. The first-order chi connectivity index (χ1) is 20.9. The van der Waals surface area contributed by atoms with Gasteiger partial charge in [0.25, 0.3) is 0 Å². The molecule has 3 aromatic rings. The Morgan fingerprint density at radius 1 is 0.884 bits per heavy atom. The SMILES string of the molecule is CCC1=NCC(c2ccc3c(c2)Oc2ccc(C4CN=C([C@H](C)NC(=O)[C@H](NC(=O)OC)c5ccccc5)N4)cc2O3)N1. The molecule has 6 rings (SSSR count). The minimum Gasteiger partial charge on any atom is -0.453 e. The summed E-state index contributed by atoms with van der Waals surface area (Å²) in [6, 6.07) is 19.5. The molecule has 3 aliphatic heterocycles. The number of nitrogens with one attached hydrogen (secondary N) is 4. The van der Waals surface area contributed by atoms with E-state index in [2.05, 4.69) is 38.2 Å². The fourth-order valence-electron chi connectivity index (χ4n) is 5.34. The lowest BCUT2D eigenvalue weighted by Crippen LogP contribution is -2.48. The Balaban J connectivity index is 1.08. The van der Waals surface area contributed by atoms with Gasteiger partial charge in [0.05, 0.1) is 44.2 Å². The van der Waals surface area contributed by atoms with E-state index in [1.807, 2.05) is 49.4 Å². The van der Waals surface area contributed by atoms with Gasteiger partial charge in [0.2, 0.25) is 5.91 Å². The standard InChI is InChI=1S/C32H34N6O5/c1-4-28-33-16-22(36-28)20-10-12-24-26(14-20)42-25-13-11-21(15-27(25)43-24)23-17-34-30(37-23)18(2)35-31(39)29(38-32(40)41-3)19-8-6-5-7-9-19/h5-15,18,22-23,29H,4,16-17H2,1-3H3,(H,33,36)(H,34,37)(H,35,39)(H,38,40)/t18-,22?,23?,29+/m0/s1. The van der Waals surface area contributed by atoms with Gasteiger partial charge in [-0.15, -0.1) is 0 Å². The number of fused-ring (bicyclic) bond motifs is 2. The van der Waals surface area contributed by atoms with Gasteiger partial charge in [-0.3, -0.25) is 14.8 Å². The first kappa shape index (κ1) is 28.1. The van der Waals surface area contributed by atoms with Crippen LogP contribution in [0.2, 0.25) is 0 Å². The molecule has 0 radical (unpaired) electrons. The number of amides is 2. The molecule has 2 amide bonds. The summed E-state index contributed by atoms with van der Waals surface area (Å²) in [5, 5.41) is 12.4. The molecule has 3 heterocycles. The summed E-state index contributed by atoms with van der Waals surface area (Å²) in [6.45, 7) is 5.14. The summed E-state index contributed by atoms with van der Waals surface area (Å²) in [7, 11) is 1.26. The number of hydrogen-bond acceptors (Lipinski definition) is 9. The second-order valence-corrected chi connectivity index (χ2v) is 10.6. The van der Waals surface area contributed by atoms with Gasteiger partial charge < -0.3 is 35.5 Å². The minimum atomic E-state index is -0.915. The Hall–Kier alpha value is -5.06. The van der Waals surface area contributed by atoms with Crippen molar-refractivity contribution in [3.05, 3.63) is 83.4 Å². The van der Waals surface area contributed by atoms with E-state index in [0.717, 1.165) is 23.4 Å². The summed E-state index contributed by atoms with van der Waals surface area (Å²) in [4.78, 5) is 34.3. The number of benzene rings is 3. The highest BCUT2D eigenvalue weighted by Gasteiger charge is 2.30. The summed E-state index contributed by atoms with van der Waals surface area (Å²) in [5.74, 6) is 3.90. The van der Waals surface area contributed by atoms with Crippen molar-refractivity contribution in [1.82, 2.24) is 21.3 Å². The third-order valence-corrected chi connectivity index (χ3v) is 7.70. The van der Waals surface area contributed by atoms with Crippen LogP contribution in [0.5, 0.6) is 23.0 Å². The fourth-order valence-corrected chi connectivity index (χ4v) is 5.34. The zero-order valence-electron chi connectivity index (χ0n) is 24.2. The Labute approximate surface area is 249 Å². The lowest BCUT2D eigenvalue weighted by molar-refractivity contribution is -0.123. The number of methoxy groups -OCH3 is 1. The van der Waals surface area contributed by atoms with Crippen LogP contribution in [-0.2, 0) is 9.53 Å². The van der Waals surface area contributed by atoms with Crippen LogP contribution in [0.4, 0.5) is 4.79 Å². The first-order valence-corrected chi connectivity index (χ1v) is 14.4. The third-order valence-electron chi connectivity index (χ3n) is 7.70. The predicted octanol–water partition coefficient (Wildman–Crippen LogP) is 4.68. The number of hydrogen-bond donors (Lipinski definition) is 4. The minimum absolute atomic E-state index is 0.105. The largest absolute Gasteiger partial charge is 0.453 e. The van der Waals surface area contributed by atoms with Crippen LogP contribution < -0.4 is 30.7 Å². The maximum Gasteiger partial charge on any atom is 0.407 e. The zero-order chi connectivity index (χ0) is 29.9. The maximum atomic E-state index is 13.2.